The standard InChI is InChI=1S/C25H23N3O3/c1-25(2)19-12-16(15-7-9-28(10-8-15)24(30)31)4-6-17(19)22(29)21-18-5-3-14(13-26)11-20(18)27-23(21)25/h3-6,11-12,15,27H,7-10H2,1-2H3,(H,30,31). The van der Waals surface area contributed by atoms with Crippen LogP contribution in [0.25, 0.3) is 10.9 Å². The van der Waals surface area contributed by atoms with Crippen LogP contribution in [0, 0.1) is 11.3 Å². The van der Waals surface area contributed by atoms with Gasteiger partial charge in [0.2, 0.25) is 0 Å². The third kappa shape index (κ3) is 2.84. The van der Waals surface area contributed by atoms with Crippen molar-refractivity contribution in [2.45, 2.75) is 38.0 Å². The normalized spacial score (nSPS) is 17.8. The molecule has 0 spiro atoms. The van der Waals surface area contributed by atoms with E-state index in [-0.39, 0.29) is 11.7 Å². The second-order valence-corrected chi connectivity index (χ2v) is 9.05. The minimum Gasteiger partial charge on any atom is -0.465 e. The third-order valence-electron chi connectivity index (χ3n) is 6.98. The topological polar surface area (TPSA) is 97.2 Å². The lowest BCUT2D eigenvalue weighted by Gasteiger charge is -2.34. The molecule has 0 unspecified atom stereocenters. The number of carbonyl (C=O) groups excluding carboxylic acids is 1. The minimum absolute atomic E-state index is 0.00697. The molecule has 31 heavy (non-hydrogen) atoms. The van der Waals surface area contributed by atoms with Crippen molar-refractivity contribution in [3.8, 4) is 6.07 Å². The van der Waals surface area contributed by atoms with Crippen LogP contribution < -0.4 is 0 Å². The summed E-state index contributed by atoms with van der Waals surface area (Å²) in [5.74, 6) is 0.293. The Morgan fingerprint density at radius 3 is 2.61 bits per heavy atom. The van der Waals surface area contributed by atoms with Gasteiger partial charge in [-0.15, -0.1) is 0 Å². The summed E-state index contributed by atoms with van der Waals surface area (Å²) < 4.78 is 0. The van der Waals surface area contributed by atoms with Crippen molar-refractivity contribution in [3.63, 3.8) is 0 Å². The highest BCUT2D eigenvalue weighted by atomic mass is 16.4. The van der Waals surface area contributed by atoms with Crippen LogP contribution in [0.1, 0.15) is 70.9 Å². The number of ketones is 1. The molecule has 6 heteroatoms. The molecule has 2 heterocycles. The zero-order valence-electron chi connectivity index (χ0n) is 17.5. The van der Waals surface area contributed by atoms with Crippen LogP contribution >= 0.6 is 0 Å². The zero-order chi connectivity index (χ0) is 21.9. The molecule has 6 nitrogen and oxygen atoms in total. The quantitative estimate of drug-likeness (QED) is 0.601. The fraction of sp³-hybridized carbons (Fsp3) is 0.320. The smallest absolute Gasteiger partial charge is 0.407 e. The van der Waals surface area contributed by atoms with Crippen molar-refractivity contribution in [2.75, 3.05) is 13.1 Å². The molecular weight excluding hydrogens is 390 g/mol. The van der Waals surface area contributed by atoms with E-state index in [4.69, 9.17) is 0 Å². The zero-order valence-corrected chi connectivity index (χ0v) is 17.5. The van der Waals surface area contributed by atoms with E-state index in [9.17, 15) is 20.0 Å². The number of aromatic nitrogens is 1. The number of nitrogens with zero attached hydrogens (tertiary/aromatic N) is 2. The Hall–Kier alpha value is -3.59. The number of nitrogens with one attached hydrogen (secondary N) is 1. The largest absolute Gasteiger partial charge is 0.465 e. The molecule has 1 aromatic heterocycles. The Morgan fingerprint density at radius 1 is 1.19 bits per heavy atom. The van der Waals surface area contributed by atoms with Gasteiger partial charge < -0.3 is 15.0 Å². The number of carbonyl (C=O) groups is 2. The average molecular weight is 413 g/mol. The van der Waals surface area contributed by atoms with Crippen LogP contribution in [0.15, 0.2) is 36.4 Å². The van der Waals surface area contributed by atoms with Crippen molar-refractivity contribution in [1.82, 2.24) is 9.88 Å². The van der Waals surface area contributed by atoms with Crippen LogP contribution in [-0.2, 0) is 5.41 Å². The first-order valence-corrected chi connectivity index (χ1v) is 10.5. The van der Waals surface area contributed by atoms with E-state index in [1.165, 1.54) is 4.90 Å². The molecule has 2 N–H and O–H groups in total. The van der Waals surface area contributed by atoms with Crippen molar-refractivity contribution in [3.05, 3.63) is 69.9 Å². The summed E-state index contributed by atoms with van der Waals surface area (Å²) in [7, 11) is 0. The molecule has 1 aliphatic carbocycles. The molecule has 1 saturated heterocycles. The van der Waals surface area contributed by atoms with Crippen LogP contribution in [0.3, 0.4) is 0 Å². The summed E-state index contributed by atoms with van der Waals surface area (Å²) in [5.41, 5.74) is 5.42. The van der Waals surface area contributed by atoms with Crippen LogP contribution in [0.4, 0.5) is 4.79 Å². The Morgan fingerprint density at radius 2 is 1.94 bits per heavy atom. The maximum absolute atomic E-state index is 13.5. The van der Waals surface area contributed by atoms with Crippen molar-refractivity contribution >= 4 is 22.8 Å². The van der Waals surface area contributed by atoms with Gasteiger partial charge in [0.05, 0.1) is 17.2 Å². The van der Waals surface area contributed by atoms with Crippen LogP contribution in [0.2, 0.25) is 0 Å². The number of carboxylic acid groups (broad SMARTS) is 1. The lowest BCUT2D eigenvalue weighted by molar-refractivity contribution is 0.103. The summed E-state index contributed by atoms with van der Waals surface area (Å²) in [4.78, 5) is 29.6. The number of benzene rings is 2. The summed E-state index contributed by atoms with van der Waals surface area (Å²) in [6.45, 7) is 5.31. The summed E-state index contributed by atoms with van der Waals surface area (Å²) in [6, 6.07) is 13.7. The predicted octanol–water partition coefficient (Wildman–Crippen LogP) is 4.77. The molecule has 2 aromatic carbocycles. The molecule has 1 amide bonds. The Balaban J connectivity index is 1.57. The van der Waals surface area contributed by atoms with E-state index < -0.39 is 11.5 Å². The fourth-order valence-corrected chi connectivity index (χ4v) is 5.18. The van der Waals surface area contributed by atoms with Crippen LogP contribution in [0.5, 0.6) is 0 Å². The number of fused-ring (bicyclic) bond motifs is 4. The molecule has 156 valence electrons. The maximum atomic E-state index is 13.5. The number of hydrogen-bond donors (Lipinski definition) is 2. The SMILES string of the molecule is CC1(C)c2cc(C3CCN(C(=O)O)CC3)ccc2C(=O)c2c1[nH]c1cc(C#N)ccc21. The predicted molar refractivity (Wildman–Crippen MR) is 117 cm³/mol. The molecule has 5 rings (SSSR count). The number of likely N-dealkylation sites (tertiary alicyclic amines) is 1. The number of piperidine rings is 1. The maximum Gasteiger partial charge on any atom is 0.407 e. The van der Waals surface area contributed by atoms with Crippen LogP contribution in [-0.4, -0.2) is 40.0 Å². The van der Waals surface area contributed by atoms with Gasteiger partial charge in [0, 0.05) is 40.7 Å². The Bertz CT molecular complexity index is 1290. The number of aromatic amines is 1. The molecule has 3 aromatic rings. The molecule has 0 radical (unpaired) electrons. The van der Waals surface area contributed by atoms with Crippen molar-refractivity contribution in [2.24, 2.45) is 0 Å². The lowest BCUT2D eigenvalue weighted by atomic mass is 9.70. The van der Waals surface area contributed by atoms with E-state index in [1.54, 1.807) is 12.1 Å². The molecule has 2 aliphatic rings. The van der Waals surface area contributed by atoms with Gasteiger partial charge in [-0.05, 0) is 42.0 Å². The first kappa shape index (κ1) is 19.4. The lowest BCUT2D eigenvalue weighted by Crippen LogP contribution is -2.37. The van der Waals surface area contributed by atoms with Gasteiger partial charge in [0.1, 0.15) is 0 Å². The Kier molecular flexibility index (Phi) is 4.19. The van der Waals surface area contributed by atoms with Gasteiger partial charge >= 0.3 is 6.09 Å². The fourth-order valence-electron chi connectivity index (χ4n) is 5.18. The number of amides is 1. The highest BCUT2D eigenvalue weighted by molar-refractivity contribution is 6.20. The molecule has 1 fully saturated rings. The molecule has 0 bridgehead atoms. The van der Waals surface area contributed by atoms with E-state index in [0.717, 1.165) is 46.1 Å². The van der Waals surface area contributed by atoms with E-state index in [1.807, 2.05) is 18.2 Å². The second kappa shape index (κ2) is 6.71. The number of H-pyrrole nitrogens is 1. The van der Waals surface area contributed by atoms with Gasteiger partial charge in [-0.2, -0.15) is 5.26 Å². The number of nitriles is 1. The Labute approximate surface area is 180 Å². The number of hydrogen-bond acceptors (Lipinski definition) is 3. The summed E-state index contributed by atoms with van der Waals surface area (Å²) in [6.07, 6.45) is 0.712. The van der Waals surface area contributed by atoms with E-state index >= 15 is 0 Å². The van der Waals surface area contributed by atoms with Gasteiger partial charge in [-0.1, -0.05) is 38.1 Å². The highest BCUT2D eigenvalue weighted by Crippen LogP contribution is 2.45. The number of rotatable bonds is 1. The summed E-state index contributed by atoms with van der Waals surface area (Å²) in [5, 5.41) is 19.3. The van der Waals surface area contributed by atoms with E-state index in [2.05, 4.69) is 31.0 Å². The molecule has 1 aliphatic heterocycles. The molecular formula is C25H23N3O3. The van der Waals surface area contributed by atoms with Gasteiger partial charge in [-0.25, -0.2) is 4.79 Å². The second-order valence-electron chi connectivity index (χ2n) is 9.05. The third-order valence-corrected chi connectivity index (χ3v) is 6.98. The van der Waals surface area contributed by atoms with Crippen molar-refractivity contribution in [1.29, 1.82) is 5.26 Å². The summed E-state index contributed by atoms with van der Waals surface area (Å²) >= 11 is 0. The first-order chi connectivity index (χ1) is 14.8. The monoisotopic (exact) mass is 413 g/mol. The molecule has 0 atom stereocenters. The van der Waals surface area contributed by atoms with E-state index in [0.29, 0.717) is 24.2 Å². The van der Waals surface area contributed by atoms with Gasteiger partial charge in [0.15, 0.2) is 5.78 Å². The average Bonchev–Trinajstić information content (AvgIpc) is 3.17. The molecule has 0 saturated carbocycles. The minimum atomic E-state index is -0.860. The van der Waals surface area contributed by atoms with Gasteiger partial charge in [0.25, 0.3) is 0 Å². The van der Waals surface area contributed by atoms with Gasteiger partial charge in [-0.3, -0.25) is 4.79 Å². The highest BCUT2D eigenvalue weighted by Gasteiger charge is 2.40. The van der Waals surface area contributed by atoms with Crippen molar-refractivity contribution < 1.29 is 14.7 Å². The first-order valence-electron chi connectivity index (χ1n) is 10.5.